The summed E-state index contributed by atoms with van der Waals surface area (Å²) < 4.78 is 0. The third kappa shape index (κ3) is 1.74. The van der Waals surface area contributed by atoms with Crippen molar-refractivity contribution in [2.24, 2.45) is 9.98 Å². The Morgan fingerprint density at radius 2 is 1.00 bits per heavy atom. The average molecular weight is 312 g/mol. The van der Waals surface area contributed by atoms with Gasteiger partial charge in [0.25, 0.3) is 0 Å². The zero-order valence-electron chi connectivity index (χ0n) is 13.6. The largest absolute Gasteiger partial charge is 0.341 e. The third-order valence-electron chi connectivity index (χ3n) is 4.76. The molecule has 0 bridgehead atoms. The quantitative estimate of drug-likeness (QED) is 0.633. The molecule has 116 valence electrons. The van der Waals surface area contributed by atoms with Gasteiger partial charge in [0.1, 0.15) is 0 Å². The first-order chi connectivity index (χ1) is 11.7. The van der Waals surface area contributed by atoms with Gasteiger partial charge in [-0.2, -0.15) is 0 Å². The molecule has 4 heteroatoms. The summed E-state index contributed by atoms with van der Waals surface area (Å²) in [6.07, 6.45) is 0. The molecule has 2 aliphatic rings. The number of rotatable bonds is 0. The Labute approximate surface area is 140 Å². The molecule has 0 aromatic heterocycles. The van der Waals surface area contributed by atoms with Crippen LogP contribution in [0.25, 0.3) is 0 Å². The molecule has 2 heterocycles. The Kier molecular flexibility index (Phi) is 2.59. The maximum absolute atomic E-state index is 4.85. The minimum absolute atomic E-state index is 0.983. The van der Waals surface area contributed by atoms with E-state index in [1.54, 1.807) is 0 Å². The first-order valence-electron chi connectivity index (χ1n) is 7.99. The van der Waals surface area contributed by atoms with Crippen molar-refractivity contribution >= 4 is 34.1 Å². The zero-order chi connectivity index (χ0) is 16.3. The standard InChI is InChI=1S/C20H16N4/c1-23-17-9-5-3-7-13(17)21-15-12-20-16(11-19(15)23)22-14-8-4-6-10-18(14)24(20)2/h3-12H,1-2H3. The van der Waals surface area contributed by atoms with Gasteiger partial charge in [0.15, 0.2) is 0 Å². The normalized spacial score (nSPS) is 13.9. The van der Waals surface area contributed by atoms with Gasteiger partial charge in [-0.15, -0.1) is 0 Å². The molecule has 2 aliphatic heterocycles. The summed E-state index contributed by atoms with van der Waals surface area (Å²) in [5, 5.41) is 1.97. The van der Waals surface area contributed by atoms with E-state index >= 15 is 0 Å². The fraction of sp³-hybridized carbons (Fsp3) is 0.100. The molecule has 4 nitrogen and oxygen atoms in total. The third-order valence-corrected chi connectivity index (χ3v) is 4.76. The molecule has 5 rings (SSSR count). The van der Waals surface area contributed by atoms with Crippen LogP contribution in [-0.4, -0.2) is 14.1 Å². The van der Waals surface area contributed by atoms with E-state index in [1.165, 1.54) is 0 Å². The van der Waals surface area contributed by atoms with Gasteiger partial charge in [-0.25, -0.2) is 9.98 Å². The minimum Gasteiger partial charge on any atom is -0.341 e. The van der Waals surface area contributed by atoms with Crippen molar-refractivity contribution in [1.29, 1.82) is 0 Å². The van der Waals surface area contributed by atoms with Gasteiger partial charge >= 0.3 is 0 Å². The van der Waals surface area contributed by atoms with Crippen LogP contribution in [0, 0.1) is 0 Å². The van der Waals surface area contributed by atoms with Crippen LogP contribution in [0.15, 0.2) is 70.6 Å². The van der Waals surface area contributed by atoms with E-state index in [4.69, 9.17) is 9.98 Å². The van der Waals surface area contributed by atoms with Gasteiger partial charge in [0, 0.05) is 14.1 Å². The molecule has 3 aromatic rings. The monoisotopic (exact) mass is 312 g/mol. The van der Waals surface area contributed by atoms with Crippen molar-refractivity contribution in [2.75, 3.05) is 23.9 Å². The maximum Gasteiger partial charge on any atom is 0.0897 e. The van der Waals surface area contributed by atoms with Gasteiger partial charge < -0.3 is 9.80 Å². The van der Waals surface area contributed by atoms with E-state index in [0.29, 0.717) is 0 Å². The lowest BCUT2D eigenvalue weighted by molar-refractivity contribution is 1.08. The highest BCUT2D eigenvalue weighted by Gasteiger charge is 2.21. The first kappa shape index (κ1) is 13.3. The molecule has 0 saturated carbocycles. The lowest BCUT2D eigenvalue weighted by atomic mass is 10.1. The molecular weight excluding hydrogens is 296 g/mol. The van der Waals surface area contributed by atoms with Crippen molar-refractivity contribution in [3.8, 4) is 0 Å². The molecule has 0 aliphatic carbocycles. The molecule has 0 N–H and O–H groups in total. The molecule has 0 spiro atoms. The first-order valence-corrected chi connectivity index (χ1v) is 7.99. The molecule has 0 unspecified atom stereocenters. The maximum atomic E-state index is 4.85. The molecule has 0 saturated heterocycles. The van der Waals surface area contributed by atoms with Crippen molar-refractivity contribution in [2.45, 2.75) is 0 Å². The van der Waals surface area contributed by atoms with Gasteiger partial charge in [0.2, 0.25) is 0 Å². The van der Waals surface area contributed by atoms with Crippen LogP contribution in [0.1, 0.15) is 0 Å². The highest BCUT2D eigenvalue weighted by atomic mass is 15.2. The Hall–Kier alpha value is -3.14. The Balaban J connectivity index is 1.82. The van der Waals surface area contributed by atoms with Crippen molar-refractivity contribution < 1.29 is 0 Å². The molecule has 3 aromatic carbocycles. The number of para-hydroxylation sites is 4. The van der Waals surface area contributed by atoms with Gasteiger partial charge in [-0.1, -0.05) is 24.3 Å². The van der Waals surface area contributed by atoms with Crippen LogP contribution in [0.2, 0.25) is 0 Å². The molecule has 24 heavy (non-hydrogen) atoms. The summed E-state index contributed by atoms with van der Waals surface area (Å²) >= 11 is 0. The van der Waals surface area contributed by atoms with Crippen molar-refractivity contribution in [3.63, 3.8) is 0 Å². The number of anilines is 4. The summed E-state index contributed by atoms with van der Waals surface area (Å²) in [5.41, 5.74) is 6.42. The average Bonchev–Trinajstić information content (AvgIpc) is 2.62. The Morgan fingerprint density at radius 1 is 0.583 bits per heavy atom. The lowest BCUT2D eigenvalue weighted by Gasteiger charge is -2.29. The smallest absolute Gasteiger partial charge is 0.0897 e. The second kappa shape index (κ2) is 4.68. The Bertz CT molecular complexity index is 1010. The van der Waals surface area contributed by atoms with Crippen LogP contribution in [0.4, 0.5) is 34.1 Å². The molecule has 0 amide bonds. The van der Waals surface area contributed by atoms with Gasteiger partial charge in [-0.3, -0.25) is 0 Å². The number of benzene rings is 3. The molecule has 0 radical (unpaired) electrons. The van der Waals surface area contributed by atoms with Crippen LogP contribution in [0.3, 0.4) is 0 Å². The van der Waals surface area contributed by atoms with Crippen LogP contribution in [0.5, 0.6) is 0 Å². The highest BCUT2D eigenvalue weighted by Crippen LogP contribution is 2.37. The number of nitrogens with zero attached hydrogens (tertiary/aromatic N) is 4. The van der Waals surface area contributed by atoms with E-state index in [1.807, 2.05) is 24.3 Å². The van der Waals surface area contributed by atoms with Crippen LogP contribution in [-0.2, 0) is 0 Å². The molecular formula is C20H16N4. The Morgan fingerprint density at radius 3 is 1.46 bits per heavy atom. The topological polar surface area (TPSA) is 31.2 Å². The lowest BCUT2D eigenvalue weighted by Crippen LogP contribution is -2.30. The minimum atomic E-state index is 0.983. The fourth-order valence-electron chi connectivity index (χ4n) is 3.47. The van der Waals surface area contributed by atoms with Gasteiger partial charge in [-0.05, 0) is 36.4 Å². The van der Waals surface area contributed by atoms with E-state index in [0.717, 1.165) is 44.8 Å². The highest BCUT2D eigenvalue weighted by molar-refractivity contribution is 5.80. The summed E-state index contributed by atoms with van der Waals surface area (Å²) in [5.74, 6) is 0. The summed E-state index contributed by atoms with van der Waals surface area (Å²) in [4.78, 5) is 14.1. The van der Waals surface area contributed by atoms with Crippen molar-refractivity contribution in [3.05, 3.63) is 71.4 Å². The SMILES string of the molecule is CN1c2ccccc2N=c2cc3c(cc21)=Nc1ccccc1N3C. The summed E-state index contributed by atoms with van der Waals surface area (Å²) in [7, 11) is 4.17. The second-order valence-corrected chi connectivity index (χ2v) is 6.15. The van der Waals surface area contributed by atoms with E-state index in [2.05, 4.69) is 60.3 Å². The predicted octanol–water partition coefficient (Wildman–Crippen LogP) is 3.75. The second-order valence-electron chi connectivity index (χ2n) is 6.15. The molecule has 0 fully saturated rings. The number of fused-ring (bicyclic) bond motifs is 4. The number of hydrogen-bond acceptors (Lipinski definition) is 4. The van der Waals surface area contributed by atoms with E-state index < -0.39 is 0 Å². The van der Waals surface area contributed by atoms with Crippen LogP contribution >= 0.6 is 0 Å². The van der Waals surface area contributed by atoms with Crippen molar-refractivity contribution in [1.82, 2.24) is 0 Å². The van der Waals surface area contributed by atoms with Gasteiger partial charge in [0.05, 0.1) is 44.8 Å². The van der Waals surface area contributed by atoms with E-state index in [-0.39, 0.29) is 0 Å². The van der Waals surface area contributed by atoms with Crippen LogP contribution < -0.4 is 20.5 Å². The fourth-order valence-corrected chi connectivity index (χ4v) is 3.47. The zero-order valence-corrected chi connectivity index (χ0v) is 13.6. The van der Waals surface area contributed by atoms with E-state index in [9.17, 15) is 0 Å². The summed E-state index contributed by atoms with van der Waals surface area (Å²) in [6.45, 7) is 0. The predicted molar refractivity (Wildman–Crippen MR) is 97.1 cm³/mol. The molecule has 0 atom stereocenters. The number of hydrogen-bond donors (Lipinski definition) is 0. The summed E-state index contributed by atoms with van der Waals surface area (Å²) in [6, 6.07) is 20.7.